The third kappa shape index (κ3) is 2.68. The summed E-state index contributed by atoms with van der Waals surface area (Å²) in [6.07, 6.45) is 1.66. The minimum absolute atomic E-state index is 0.494. The van der Waals surface area contributed by atoms with E-state index >= 15 is 0 Å². The average molecular weight is 317 g/mol. The van der Waals surface area contributed by atoms with Gasteiger partial charge in [0.25, 0.3) is 0 Å². The van der Waals surface area contributed by atoms with Crippen LogP contribution in [0.3, 0.4) is 0 Å². The smallest absolute Gasteiger partial charge is 0.114 e. The Bertz CT molecular complexity index is 548. The first-order chi connectivity index (χ1) is 7.88. The lowest BCUT2D eigenvalue weighted by molar-refractivity contribution is 0.0737. The summed E-state index contributed by atoms with van der Waals surface area (Å²) < 4.78 is 2.44. The highest BCUT2D eigenvalue weighted by atomic mass is 79.9. The lowest BCUT2D eigenvalue weighted by Gasteiger charge is -2.11. The van der Waals surface area contributed by atoms with Crippen LogP contribution in [-0.2, 0) is 5.60 Å². The monoisotopic (exact) mass is 315 g/mol. The van der Waals surface area contributed by atoms with Crippen LogP contribution in [0.1, 0.15) is 19.5 Å². The summed E-state index contributed by atoms with van der Waals surface area (Å²) in [5, 5.41) is 18.3. The van der Waals surface area contributed by atoms with Gasteiger partial charge >= 0.3 is 0 Å². The van der Waals surface area contributed by atoms with Crippen molar-refractivity contribution in [2.75, 3.05) is 0 Å². The van der Waals surface area contributed by atoms with Crippen molar-refractivity contribution in [3.63, 3.8) is 0 Å². The zero-order chi connectivity index (χ0) is 12.6. The van der Waals surface area contributed by atoms with Crippen molar-refractivity contribution in [2.24, 2.45) is 0 Å². The van der Waals surface area contributed by atoms with Crippen LogP contribution < -0.4 is 0 Å². The number of benzene rings is 1. The van der Waals surface area contributed by atoms with E-state index in [-0.39, 0.29) is 0 Å². The number of aromatic nitrogens is 3. The topological polar surface area (TPSA) is 50.9 Å². The minimum atomic E-state index is -1.02. The summed E-state index contributed by atoms with van der Waals surface area (Å²) in [4.78, 5) is 0. The molecule has 2 rings (SSSR count). The number of rotatable bonds is 2. The molecule has 0 aliphatic heterocycles. The molecule has 6 heteroatoms. The van der Waals surface area contributed by atoms with E-state index in [1.165, 1.54) is 0 Å². The number of nitrogens with zero attached hydrogens (tertiary/aromatic N) is 3. The highest BCUT2D eigenvalue weighted by molar-refractivity contribution is 9.10. The highest BCUT2D eigenvalue weighted by Crippen LogP contribution is 2.25. The second-order valence-corrected chi connectivity index (χ2v) is 5.53. The van der Waals surface area contributed by atoms with Gasteiger partial charge < -0.3 is 5.11 Å². The number of aliphatic hydroxyl groups is 1. The molecule has 0 fully saturated rings. The van der Waals surface area contributed by atoms with Gasteiger partial charge in [0.1, 0.15) is 11.3 Å². The van der Waals surface area contributed by atoms with Crippen LogP contribution in [0.15, 0.2) is 28.9 Å². The second kappa shape index (κ2) is 4.40. The van der Waals surface area contributed by atoms with Crippen molar-refractivity contribution in [3.05, 3.63) is 39.6 Å². The van der Waals surface area contributed by atoms with Crippen LogP contribution in [0, 0.1) is 0 Å². The van der Waals surface area contributed by atoms with E-state index in [4.69, 9.17) is 11.6 Å². The fraction of sp³-hybridized carbons (Fsp3) is 0.273. The fourth-order valence-corrected chi connectivity index (χ4v) is 1.88. The normalized spacial score (nSPS) is 11.8. The van der Waals surface area contributed by atoms with Gasteiger partial charge in [0.15, 0.2) is 0 Å². The summed E-state index contributed by atoms with van der Waals surface area (Å²) in [5.74, 6) is 0. The van der Waals surface area contributed by atoms with Gasteiger partial charge in [-0.15, -0.1) is 5.10 Å². The Hall–Kier alpha value is -0.910. The minimum Gasteiger partial charge on any atom is -0.384 e. The summed E-state index contributed by atoms with van der Waals surface area (Å²) in [6, 6.07) is 5.46. The van der Waals surface area contributed by atoms with E-state index in [9.17, 15) is 5.11 Å². The molecule has 1 aromatic carbocycles. The zero-order valence-electron chi connectivity index (χ0n) is 9.35. The number of hydrogen-bond donors (Lipinski definition) is 1. The van der Waals surface area contributed by atoms with Gasteiger partial charge in [-0.2, -0.15) is 0 Å². The van der Waals surface area contributed by atoms with Gasteiger partial charge in [0, 0.05) is 4.47 Å². The van der Waals surface area contributed by atoms with Gasteiger partial charge in [0.2, 0.25) is 0 Å². The van der Waals surface area contributed by atoms with Crippen LogP contribution in [-0.4, -0.2) is 20.1 Å². The summed E-state index contributed by atoms with van der Waals surface area (Å²) in [6.45, 7) is 3.31. The average Bonchev–Trinajstić information content (AvgIpc) is 2.70. The molecule has 0 radical (unpaired) electrons. The molecular weight excluding hydrogens is 305 g/mol. The number of hydrogen-bond acceptors (Lipinski definition) is 3. The molecule has 0 unspecified atom stereocenters. The molecule has 90 valence electrons. The second-order valence-electron chi connectivity index (χ2n) is 4.20. The quantitative estimate of drug-likeness (QED) is 0.927. The third-order valence-electron chi connectivity index (χ3n) is 2.28. The van der Waals surface area contributed by atoms with Crippen LogP contribution in [0.2, 0.25) is 5.02 Å². The molecule has 1 heterocycles. The maximum absolute atomic E-state index is 9.82. The SMILES string of the molecule is CC(C)(O)c1cn(-c2cc(Br)ccc2Cl)nn1. The third-order valence-corrected chi connectivity index (χ3v) is 3.09. The summed E-state index contributed by atoms with van der Waals surface area (Å²) in [7, 11) is 0. The molecule has 0 amide bonds. The van der Waals surface area contributed by atoms with Crippen molar-refractivity contribution in [1.29, 1.82) is 0 Å². The molecule has 0 atom stereocenters. The van der Waals surface area contributed by atoms with Gasteiger partial charge in [-0.3, -0.25) is 0 Å². The Labute approximate surface area is 112 Å². The molecule has 2 aromatic rings. The molecule has 1 aromatic heterocycles. The van der Waals surface area contributed by atoms with Crippen LogP contribution >= 0.6 is 27.5 Å². The molecule has 0 bridgehead atoms. The summed E-state index contributed by atoms with van der Waals surface area (Å²) >= 11 is 9.45. The van der Waals surface area contributed by atoms with E-state index in [1.54, 1.807) is 30.8 Å². The molecule has 0 spiro atoms. The number of halogens is 2. The molecule has 0 aliphatic rings. The maximum atomic E-state index is 9.82. The first kappa shape index (κ1) is 12.5. The van der Waals surface area contributed by atoms with Crippen molar-refractivity contribution < 1.29 is 5.11 Å². The Kier molecular flexibility index (Phi) is 3.25. The molecule has 4 nitrogen and oxygen atoms in total. The first-order valence-electron chi connectivity index (χ1n) is 4.98. The lowest BCUT2D eigenvalue weighted by Crippen LogP contribution is -2.15. The fourth-order valence-electron chi connectivity index (χ4n) is 1.32. The lowest BCUT2D eigenvalue weighted by atomic mass is 10.1. The Morgan fingerprint density at radius 2 is 2.12 bits per heavy atom. The van der Waals surface area contributed by atoms with Crippen molar-refractivity contribution in [1.82, 2.24) is 15.0 Å². The molecule has 0 saturated heterocycles. The van der Waals surface area contributed by atoms with E-state index in [1.807, 2.05) is 12.1 Å². The van der Waals surface area contributed by atoms with Gasteiger partial charge in [-0.1, -0.05) is 32.7 Å². The largest absolute Gasteiger partial charge is 0.384 e. The molecular formula is C11H11BrClN3O. The van der Waals surface area contributed by atoms with E-state index in [0.717, 1.165) is 4.47 Å². The molecule has 0 saturated carbocycles. The zero-order valence-corrected chi connectivity index (χ0v) is 11.7. The van der Waals surface area contributed by atoms with E-state index in [2.05, 4.69) is 26.2 Å². The van der Waals surface area contributed by atoms with Gasteiger partial charge in [0.05, 0.1) is 16.9 Å². The van der Waals surface area contributed by atoms with Gasteiger partial charge in [-0.25, -0.2) is 4.68 Å². The Morgan fingerprint density at radius 1 is 1.41 bits per heavy atom. The van der Waals surface area contributed by atoms with Crippen LogP contribution in [0.25, 0.3) is 5.69 Å². The van der Waals surface area contributed by atoms with Crippen LogP contribution in [0.4, 0.5) is 0 Å². The molecule has 0 aliphatic carbocycles. The first-order valence-corrected chi connectivity index (χ1v) is 6.15. The van der Waals surface area contributed by atoms with Gasteiger partial charge in [-0.05, 0) is 32.0 Å². The van der Waals surface area contributed by atoms with Crippen LogP contribution in [0.5, 0.6) is 0 Å². The highest BCUT2D eigenvalue weighted by Gasteiger charge is 2.20. The maximum Gasteiger partial charge on any atom is 0.114 e. The van der Waals surface area contributed by atoms with Crippen molar-refractivity contribution in [3.8, 4) is 5.69 Å². The van der Waals surface area contributed by atoms with Crippen molar-refractivity contribution >= 4 is 27.5 Å². The predicted octanol–water partition coefficient (Wildman–Crippen LogP) is 2.91. The van der Waals surface area contributed by atoms with Crippen molar-refractivity contribution in [2.45, 2.75) is 19.4 Å². The van der Waals surface area contributed by atoms with E-state index in [0.29, 0.717) is 16.4 Å². The Morgan fingerprint density at radius 3 is 2.71 bits per heavy atom. The standard InChI is InChI=1S/C11H11BrClN3O/c1-11(2,17)10-6-16(15-14-10)9-5-7(12)3-4-8(9)13/h3-6,17H,1-2H3. The Balaban J connectivity index is 2.47. The molecule has 17 heavy (non-hydrogen) atoms. The molecule has 1 N–H and O–H groups in total. The van der Waals surface area contributed by atoms with E-state index < -0.39 is 5.60 Å². The predicted molar refractivity (Wildman–Crippen MR) is 69.3 cm³/mol. The summed E-state index contributed by atoms with van der Waals surface area (Å²) in [5.41, 5.74) is 0.189.